The summed E-state index contributed by atoms with van der Waals surface area (Å²) in [5, 5.41) is 6.50. The summed E-state index contributed by atoms with van der Waals surface area (Å²) in [7, 11) is -3.59. The SMILES string of the molecule is Cc1[nH]nc(CN)c1S(=O)(=O)NCCOCC(C)C. The molecule has 0 bridgehead atoms. The first-order valence-corrected chi connectivity index (χ1v) is 7.68. The fourth-order valence-electron chi connectivity index (χ4n) is 1.60. The molecule has 0 aliphatic carbocycles. The summed E-state index contributed by atoms with van der Waals surface area (Å²) in [5.41, 5.74) is 6.29. The van der Waals surface area contributed by atoms with Gasteiger partial charge in [0.15, 0.2) is 0 Å². The molecular formula is C11H22N4O3S. The highest BCUT2D eigenvalue weighted by molar-refractivity contribution is 7.89. The Balaban J connectivity index is 2.59. The van der Waals surface area contributed by atoms with Gasteiger partial charge < -0.3 is 10.5 Å². The maximum Gasteiger partial charge on any atom is 0.244 e. The van der Waals surface area contributed by atoms with E-state index in [4.69, 9.17) is 10.5 Å². The van der Waals surface area contributed by atoms with E-state index >= 15 is 0 Å². The zero-order valence-corrected chi connectivity index (χ0v) is 12.4. The van der Waals surface area contributed by atoms with Crippen molar-refractivity contribution in [3.8, 4) is 0 Å². The molecule has 0 aliphatic heterocycles. The summed E-state index contributed by atoms with van der Waals surface area (Å²) < 4.78 is 32.0. The molecule has 0 amide bonds. The highest BCUT2D eigenvalue weighted by atomic mass is 32.2. The largest absolute Gasteiger partial charge is 0.380 e. The van der Waals surface area contributed by atoms with Crippen LogP contribution in [0.4, 0.5) is 0 Å². The molecule has 19 heavy (non-hydrogen) atoms. The van der Waals surface area contributed by atoms with Gasteiger partial charge in [-0.2, -0.15) is 5.10 Å². The van der Waals surface area contributed by atoms with E-state index in [0.29, 0.717) is 30.5 Å². The Morgan fingerprint density at radius 1 is 1.47 bits per heavy atom. The highest BCUT2D eigenvalue weighted by Gasteiger charge is 2.22. The molecule has 0 unspecified atom stereocenters. The average molecular weight is 290 g/mol. The molecule has 1 aromatic heterocycles. The lowest BCUT2D eigenvalue weighted by Gasteiger charge is -2.09. The van der Waals surface area contributed by atoms with Crippen LogP contribution in [0, 0.1) is 12.8 Å². The molecule has 7 nitrogen and oxygen atoms in total. The Bertz CT molecular complexity index is 496. The van der Waals surface area contributed by atoms with E-state index in [1.807, 2.05) is 13.8 Å². The van der Waals surface area contributed by atoms with Crippen molar-refractivity contribution in [1.82, 2.24) is 14.9 Å². The van der Waals surface area contributed by atoms with Crippen LogP contribution in [0.15, 0.2) is 4.90 Å². The van der Waals surface area contributed by atoms with Crippen LogP contribution < -0.4 is 10.5 Å². The van der Waals surface area contributed by atoms with Gasteiger partial charge in [-0.1, -0.05) is 13.8 Å². The van der Waals surface area contributed by atoms with Crippen LogP contribution in [-0.2, 0) is 21.3 Å². The minimum Gasteiger partial charge on any atom is -0.380 e. The molecular weight excluding hydrogens is 268 g/mol. The maximum absolute atomic E-state index is 12.1. The van der Waals surface area contributed by atoms with Gasteiger partial charge in [0, 0.05) is 19.7 Å². The molecule has 0 spiro atoms. The fourth-order valence-corrected chi connectivity index (χ4v) is 2.99. The van der Waals surface area contributed by atoms with E-state index in [-0.39, 0.29) is 18.0 Å². The first kappa shape index (κ1) is 16.1. The quantitative estimate of drug-likeness (QED) is 0.589. The molecule has 4 N–H and O–H groups in total. The van der Waals surface area contributed by atoms with Gasteiger partial charge >= 0.3 is 0 Å². The smallest absolute Gasteiger partial charge is 0.244 e. The van der Waals surface area contributed by atoms with Crippen molar-refractivity contribution in [2.45, 2.75) is 32.2 Å². The third kappa shape index (κ3) is 4.57. The van der Waals surface area contributed by atoms with Gasteiger partial charge in [-0.05, 0) is 12.8 Å². The van der Waals surface area contributed by atoms with Gasteiger partial charge in [0.05, 0.1) is 18.0 Å². The van der Waals surface area contributed by atoms with E-state index in [1.165, 1.54) is 0 Å². The van der Waals surface area contributed by atoms with Crippen molar-refractivity contribution in [2.24, 2.45) is 11.7 Å². The number of aromatic amines is 1. The summed E-state index contributed by atoms with van der Waals surface area (Å²) in [4.78, 5) is 0.138. The predicted molar refractivity (Wildman–Crippen MR) is 72.1 cm³/mol. The third-order valence-corrected chi connectivity index (χ3v) is 4.08. The van der Waals surface area contributed by atoms with Crippen molar-refractivity contribution in [3.63, 3.8) is 0 Å². The zero-order chi connectivity index (χ0) is 14.5. The van der Waals surface area contributed by atoms with Gasteiger partial charge in [-0.25, -0.2) is 13.1 Å². The number of hydrogen-bond donors (Lipinski definition) is 3. The minimum absolute atomic E-state index is 0.0738. The highest BCUT2D eigenvalue weighted by Crippen LogP contribution is 2.16. The van der Waals surface area contributed by atoms with Gasteiger partial charge in [0.1, 0.15) is 4.90 Å². The molecule has 0 aromatic carbocycles. The molecule has 0 saturated heterocycles. The third-order valence-electron chi connectivity index (χ3n) is 2.41. The van der Waals surface area contributed by atoms with Crippen molar-refractivity contribution in [1.29, 1.82) is 0 Å². The van der Waals surface area contributed by atoms with E-state index in [1.54, 1.807) is 6.92 Å². The summed E-state index contributed by atoms with van der Waals surface area (Å²) in [6, 6.07) is 0. The van der Waals surface area contributed by atoms with E-state index in [0.717, 1.165) is 0 Å². The van der Waals surface area contributed by atoms with Crippen LogP contribution in [0.1, 0.15) is 25.2 Å². The Hall–Kier alpha value is -0.960. The van der Waals surface area contributed by atoms with Crippen LogP contribution in [0.3, 0.4) is 0 Å². The molecule has 0 atom stereocenters. The van der Waals surface area contributed by atoms with Crippen molar-refractivity contribution >= 4 is 10.0 Å². The number of nitrogens with zero attached hydrogens (tertiary/aromatic N) is 1. The van der Waals surface area contributed by atoms with Gasteiger partial charge in [0.2, 0.25) is 10.0 Å². The van der Waals surface area contributed by atoms with Crippen LogP contribution in [0.2, 0.25) is 0 Å². The number of hydrogen-bond acceptors (Lipinski definition) is 5. The molecule has 0 aliphatic rings. The molecule has 110 valence electrons. The monoisotopic (exact) mass is 290 g/mol. The molecule has 1 aromatic rings. The zero-order valence-electron chi connectivity index (χ0n) is 11.6. The predicted octanol–water partition coefficient (Wildman–Crippen LogP) is 0.128. The van der Waals surface area contributed by atoms with Crippen molar-refractivity contribution < 1.29 is 13.2 Å². The number of nitrogens with two attached hydrogens (primary N) is 1. The standard InChI is InChI=1S/C11H22N4O3S/c1-8(2)7-18-5-4-13-19(16,17)11-9(3)14-15-10(11)6-12/h8,13H,4-7,12H2,1-3H3,(H,14,15). The van der Waals surface area contributed by atoms with Crippen LogP contribution in [0.5, 0.6) is 0 Å². The number of sulfonamides is 1. The first-order chi connectivity index (χ1) is 8.88. The van der Waals surface area contributed by atoms with Crippen LogP contribution in [0.25, 0.3) is 0 Å². The molecule has 1 heterocycles. The lowest BCUT2D eigenvalue weighted by Crippen LogP contribution is -2.29. The van der Waals surface area contributed by atoms with E-state index in [2.05, 4.69) is 14.9 Å². The van der Waals surface area contributed by atoms with Crippen LogP contribution in [-0.4, -0.2) is 38.4 Å². The Morgan fingerprint density at radius 2 is 2.16 bits per heavy atom. The summed E-state index contributed by atoms with van der Waals surface area (Å²) in [5.74, 6) is 0.427. The summed E-state index contributed by atoms with van der Waals surface area (Å²) in [6.07, 6.45) is 0. The Labute approximate surface area is 114 Å². The minimum atomic E-state index is -3.59. The number of nitrogens with one attached hydrogen (secondary N) is 2. The van der Waals surface area contributed by atoms with E-state index in [9.17, 15) is 8.42 Å². The number of rotatable bonds is 8. The second-order valence-electron chi connectivity index (χ2n) is 4.70. The lowest BCUT2D eigenvalue weighted by atomic mass is 10.2. The van der Waals surface area contributed by atoms with Gasteiger partial charge in [-0.3, -0.25) is 5.10 Å². The molecule has 8 heteroatoms. The van der Waals surface area contributed by atoms with Gasteiger partial charge in [-0.15, -0.1) is 0 Å². The maximum atomic E-state index is 12.1. The molecule has 0 saturated carbocycles. The van der Waals surface area contributed by atoms with E-state index < -0.39 is 10.0 Å². The second kappa shape index (κ2) is 6.99. The topological polar surface area (TPSA) is 110 Å². The number of H-pyrrole nitrogens is 1. The Kier molecular flexibility index (Phi) is 5.92. The van der Waals surface area contributed by atoms with Crippen molar-refractivity contribution in [2.75, 3.05) is 19.8 Å². The summed E-state index contributed by atoms with van der Waals surface area (Å²) >= 11 is 0. The molecule has 0 radical (unpaired) electrons. The fraction of sp³-hybridized carbons (Fsp3) is 0.727. The van der Waals surface area contributed by atoms with Gasteiger partial charge in [0.25, 0.3) is 0 Å². The Morgan fingerprint density at radius 3 is 2.74 bits per heavy atom. The first-order valence-electron chi connectivity index (χ1n) is 6.19. The lowest BCUT2D eigenvalue weighted by molar-refractivity contribution is 0.114. The normalized spacial score (nSPS) is 12.3. The number of ether oxygens (including phenoxy) is 1. The molecule has 0 fully saturated rings. The second-order valence-corrected chi connectivity index (χ2v) is 6.40. The number of aromatic nitrogens is 2. The summed E-state index contributed by atoms with van der Waals surface area (Å²) in [6.45, 7) is 6.97. The van der Waals surface area contributed by atoms with Crippen LogP contribution >= 0.6 is 0 Å². The van der Waals surface area contributed by atoms with Crippen molar-refractivity contribution in [3.05, 3.63) is 11.4 Å². The number of aryl methyl sites for hydroxylation is 1. The molecule has 1 rings (SSSR count). The average Bonchev–Trinajstić information content (AvgIpc) is 2.70.